The van der Waals surface area contributed by atoms with E-state index in [1.807, 2.05) is 24.0 Å². The Hall–Kier alpha value is -1.75. The van der Waals surface area contributed by atoms with Crippen molar-refractivity contribution in [2.45, 2.75) is 38.1 Å². The van der Waals surface area contributed by atoms with Crippen LogP contribution in [0.5, 0.6) is 0 Å². The van der Waals surface area contributed by atoms with Crippen LogP contribution in [0.2, 0.25) is 0 Å². The van der Waals surface area contributed by atoms with E-state index in [0.29, 0.717) is 17.6 Å². The number of carbonyl (C=O) groups is 1. The number of hydrogen-bond donors (Lipinski definition) is 0. The molecule has 1 aromatic carbocycles. The molecule has 2 aliphatic rings. The Labute approximate surface area is 160 Å². The minimum atomic E-state index is 0.307. The molecule has 2 fully saturated rings. The Balaban J connectivity index is 1.36. The van der Waals surface area contributed by atoms with Gasteiger partial charge in [-0.05, 0) is 42.9 Å². The van der Waals surface area contributed by atoms with Crippen molar-refractivity contribution < 1.29 is 4.79 Å². The molecule has 2 heterocycles. The number of aromatic nitrogens is 2. The highest BCUT2D eigenvalue weighted by Gasteiger charge is 2.28. The molecule has 1 saturated carbocycles. The number of nitrogens with zero attached hydrogens (tertiary/aromatic N) is 3. The second kappa shape index (κ2) is 8.30. The Morgan fingerprint density at radius 2 is 2.04 bits per heavy atom. The van der Waals surface area contributed by atoms with E-state index in [-0.39, 0.29) is 0 Å². The van der Waals surface area contributed by atoms with Gasteiger partial charge in [0.1, 0.15) is 5.82 Å². The lowest BCUT2D eigenvalue weighted by molar-refractivity contribution is -0.129. The SMILES string of the molecule is O=C(CSCC1CC1)N1CCCC(c2nccn2Cc2ccccc2)C1. The zero-order chi connectivity index (χ0) is 17.8. The number of thioether (sulfide) groups is 1. The molecule has 0 spiro atoms. The molecule has 4 nitrogen and oxygen atoms in total. The molecule has 1 unspecified atom stereocenters. The lowest BCUT2D eigenvalue weighted by atomic mass is 9.97. The van der Waals surface area contributed by atoms with Crippen molar-refractivity contribution in [3.63, 3.8) is 0 Å². The third-order valence-corrected chi connectivity index (χ3v) is 6.52. The van der Waals surface area contributed by atoms with Crippen molar-refractivity contribution in [1.82, 2.24) is 14.5 Å². The zero-order valence-corrected chi connectivity index (χ0v) is 16.0. The van der Waals surface area contributed by atoms with Crippen molar-refractivity contribution in [3.05, 3.63) is 54.1 Å². The van der Waals surface area contributed by atoms with Gasteiger partial charge in [0, 0.05) is 37.9 Å². The number of amides is 1. The first kappa shape index (κ1) is 17.7. The normalized spacial score (nSPS) is 20.3. The number of rotatable bonds is 7. The standard InChI is InChI=1S/C21H27N3OS/c25-20(16-26-15-18-8-9-18)23-11-4-7-19(14-23)21-22-10-12-24(21)13-17-5-2-1-3-6-17/h1-3,5-6,10,12,18-19H,4,7-9,11,13-16H2. The maximum Gasteiger partial charge on any atom is 0.232 e. The number of carbonyl (C=O) groups excluding carboxylic acids is 1. The molecule has 5 heteroatoms. The highest BCUT2D eigenvalue weighted by Crippen LogP contribution is 2.32. The first-order valence-electron chi connectivity index (χ1n) is 9.70. The van der Waals surface area contributed by atoms with Crippen LogP contribution in [0, 0.1) is 5.92 Å². The van der Waals surface area contributed by atoms with Gasteiger partial charge in [0.15, 0.2) is 0 Å². The van der Waals surface area contributed by atoms with Crippen molar-refractivity contribution in [3.8, 4) is 0 Å². The summed E-state index contributed by atoms with van der Waals surface area (Å²) in [6.45, 7) is 2.56. The Bertz CT molecular complexity index is 726. The first-order valence-corrected chi connectivity index (χ1v) is 10.9. The van der Waals surface area contributed by atoms with Gasteiger partial charge in [-0.1, -0.05) is 30.3 Å². The van der Waals surface area contributed by atoms with Crippen LogP contribution in [0.4, 0.5) is 0 Å². The van der Waals surface area contributed by atoms with Crippen LogP contribution in [-0.4, -0.2) is 45.0 Å². The average Bonchev–Trinajstić information content (AvgIpc) is 3.39. The molecular weight excluding hydrogens is 342 g/mol. The summed E-state index contributed by atoms with van der Waals surface area (Å²) in [6, 6.07) is 10.5. The van der Waals surface area contributed by atoms with E-state index in [1.165, 1.54) is 18.4 Å². The monoisotopic (exact) mass is 369 g/mol. The molecule has 138 valence electrons. The highest BCUT2D eigenvalue weighted by molar-refractivity contribution is 7.99. The summed E-state index contributed by atoms with van der Waals surface area (Å²) in [4.78, 5) is 19.3. The highest BCUT2D eigenvalue weighted by atomic mass is 32.2. The minimum absolute atomic E-state index is 0.307. The van der Waals surface area contributed by atoms with Crippen molar-refractivity contribution in [2.75, 3.05) is 24.6 Å². The number of benzene rings is 1. The van der Waals surface area contributed by atoms with E-state index in [2.05, 4.69) is 44.9 Å². The van der Waals surface area contributed by atoms with Crippen molar-refractivity contribution >= 4 is 17.7 Å². The molecule has 1 aliphatic heterocycles. The van der Waals surface area contributed by atoms with Crippen LogP contribution in [0.15, 0.2) is 42.7 Å². The van der Waals surface area contributed by atoms with Gasteiger partial charge in [0.05, 0.1) is 5.75 Å². The molecule has 26 heavy (non-hydrogen) atoms. The molecular formula is C21H27N3OS. The molecule has 0 N–H and O–H groups in total. The average molecular weight is 370 g/mol. The van der Waals surface area contributed by atoms with Gasteiger partial charge in [-0.2, -0.15) is 11.8 Å². The van der Waals surface area contributed by atoms with E-state index in [1.54, 1.807) is 0 Å². The largest absolute Gasteiger partial charge is 0.341 e. The van der Waals surface area contributed by atoms with E-state index in [4.69, 9.17) is 0 Å². The lowest BCUT2D eigenvalue weighted by Gasteiger charge is -2.32. The van der Waals surface area contributed by atoms with Crippen LogP contribution in [0.25, 0.3) is 0 Å². The minimum Gasteiger partial charge on any atom is -0.341 e. The fourth-order valence-electron chi connectivity index (χ4n) is 3.70. The smallest absolute Gasteiger partial charge is 0.232 e. The van der Waals surface area contributed by atoms with Gasteiger partial charge in [0.25, 0.3) is 0 Å². The van der Waals surface area contributed by atoms with E-state index < -0.39 is 0 Å². The maximum atomic E-state index is 12.6. The zero-order valence-electron chi connectivity index (χ0n) is 15.2. The third kappa shape index (κ3) is 4.50. The number of likely N-dealkylation sites (tertiary alicyclic amines) is 1. The number of imidazole rings is 1. The number of piperidine rings is 1. The molecule has 1 aromatic heterocycles. The van der Waals surface area contributed by atoms with Gasteiger partial charge in [-0.25, -0.2) is 4.98 Å². The van der Waals surface area contributed by atoms with E-state index in [0.717, 1.165) is 50.0 Å². The third-order valence-electron chi connectivity index (χ3n) is 5.36. The van der Waals surface area contributed by atoms with Crippen molar-refractivity contribution in [2.24, 2.45) is 5.92 Å². The van der Waals surface area contributed by atoms with Crippen LogP contribution in [0.3, 0.4) is 0 Å². The maximum absolute atomic E-state index is 12.6. The molecule has 1 saturated heterocycles. The molecule has 1 aliphatic carbocycles. The van der Waals surface area contributed by atoms with Crippen LogP contribution >= 0.6 is 11.8 Å². The molecule has 4 rings (SSSR count). The molecule has 1 atom stereocenters. The number of hydrogen-bond acceptors (Lipinski definition) is 3. The molecule has 1 amide bonds. The summed E-state index contributed by atoms with van der Waals surface area (Å²) in [5.74, 6) is 4.46. The summed E-state index contributed by atoms with van der Waals surface area (Å²) in [6.07, 6.45) is 8.86. The topological polar surface area (TPSA) is 38.1 Å². The summed E-state index contributed by atoms with van der Waals surface area (Å²) in [5.41, 5.74) is 1.28. The first-order chi connectivity index (χ1) is 12.8. The van der Waals surface area contributed by atoms with E-state index >= 15 is 0 Å². The van der Waals surface area contributed by atoms with Gasteiger partial charge >= 0.3 is 0 Å². The molecule has 0 radical (unpaired) electrons. The van der Waals surface area contributed by atoms with Gasteiger partial charge in [-0.15, -0.1) is 0 Å². The van der Waals surface area contributed by atoms with Crippen LogP contribution in [0.1, 0.15) is 43.0 Å². The second-order valence-corrected chi connectivity index (χ2v) is 8.57. The van der Waals surface area contributed by atoms with Gasteiger partial charge in [-0.3, -0.25) is 4.79 Å². The Morgan fingerprint density at radius 1 is 1.19 bits per heavy atom. The Morgan fingerprint density at radius 3 is 2.85 bits per heavy atom. The Kier molecular flexibility index (Phi) is 5.63. The van der Waals surface area contributed by atoms with Gasteiger partial charge in [0.2, 0.25) is 5.91 Å². The van der Waals surface area contributed by atoms with Crippen LogP contribution in [-0.2, 0) is 11.3 Å². The fourth-order valence-corrected chi connectivity index (χ4v) is 4.84. The van der Waals surface area contributed by atoms with E-state index in [9.17, 15) is 4.79 Å². The molecule has 0 bridgehead atoms. The predicted molar refractivity (Wildman–Crippen MR) is 106 cm³/mol. The quantitative estimate of drug-likeness (QED) is 0.745. The lowest BCUT2D eigenvalue weighted by Crippen LogP contribution is -2.40. The summed E-state index contributed by atoms with van der Waals surface area (Å²) >= 11 is 1.82. The summed E-state index contributed by atoms with van der Waals surface area (Å²) in [5, 5.41) is 0. The molecule has 2 aromatic rings. The van der Waals surface area contributed by atoms with Crippen molar-refractivity contribution in [1.29, 1.82) is 0 Å². The van der Waals surface area contributed by atoms with Gasteiger partial charge < -0.3 is 9.47 Å². The fraction of sp³-hybridized carbons (Fsp3) is 0.524. The van der Waals surface area contributed by atoms with Crippen LogP contribution < -0.4 is 0 Å². The summed E-state index contributed by atoms with van der Waals surface area (Å²) in [7, 11) is 0. The second-order valence-electron chi connectivity index (χ2n) is 7.54. The summed E-state index contributed by atoms with van der Waals surface area (Å²) < 4.78 is 2.25. The predicted octanol–water partition coefficient (Wildman–Crippen LogP) is 3.78.